The van der Waals surface area contributed by atoms with Crippen LogP contribution in [-0.4, -0.2) is 27.9 Å². The Morgan fingerprint density at radius 1 is 1.52 bits per heavy atom. The molecule has 1 amide bonds. The van der Waals surface area contributed by atoms with Gasteiger partial charge in [-0.2, -0.15) is 5.10 Å². The minimum absolute atomic E-state index is 0.00902. The van der Waals surface area contributed by atoms with Crippen LogP contribution in [0.5, 0.6) is 5.75 Å². The number of benzene rings is 1. The van der Waals surface area contributed by atoms with Gasteiger partial charge in [0.15, 0.2) is 0 Å². The number of carbonyl (C=O) groups is 1. The topological polar surface area (TPSA) is 114 Å². The van der Waals surface area contributed by atoms with Gasteiger partial charge in [-0.25, -0.2) is 10.2 Å². The fourth-order valence-corrected chi connectivity index (χ4v) is 1.52. The molecule has 0 aliphatic rings. The lowest BCUT2D eigenvalue weighted by molar-refractivity contribution is -0.385. The number of halogens is 1. The van der Waals surface area contributed by atoms with E-state index >= 15 is 0 Å². The predicted octanol–water partition coefficient (Wildman–Crippen LogP) is 2.81. The number of nitro benzene ring substituents is 1. The number of ether oxygens (including phenoxy) is 1. The van der Waals surface area contributed by atoms with Crippen molar-refractivity contribution in [2.45, 2.75) is 26.4 Å². The summed E-state index contributed by atoms with van der Waals surface area (Å²) >= 11 is 5.71. The summed E-state index contributed by atoms with van der Waals surface area (Å²) in [4.78, 5) is 21.3. The van der Waals surface area contributed by atoms with E-state index in [1.807, 2.05) is 0 Å². The lowest BCUT2D eigenvalue weighted by Crippen LogP contribution is -2.29. The van der Waals surface area contributed by atoms with E-state index in [0.717, 1.165) is 12.3 Å². The number of hydrogen-bond acceptors (Lipinski definition) is 6. The summed E-state index contributed by atoms with van der Waals surface area (Å²) in [5.41, 5.74) is 0.820. The second-order valence-electron chi connectivity index (χ2n) is 4.99. The molecule has 0 aliphatic carbocycles. The van der Waals surface area contributed by atoms with E-state index in [4.69, 9.17) is 16.3 Å². The van der Waals surface area contributed by atoms with Crippen molar-refractivity contribution in [1.82, 2.24) is 5.43 Å². The number of aromatic hydroxyl groups is 1. The number of nitro groups is 1. The molecular formula is C12H14ClN3O5. The average Bonchev–Trinajstić information content (AvgIpc) is 2.30. The lowest BCUT2D eigenvalue weighted by atomic mass is 10.2. The van der Waals surface area contributed by atoms with E-state index < -0.39 is 28.1 Å². The van der Waals surface area contributed by atoms with Crippen molar-refractivity contribution in [1.29, 1.82) is 0 Å². The number of hydrogen-bond donors (Lipinski definition) is 2. The predicted molar refractivity (Wildman–Crippen MR) is 76.7 cm³/mol. The Hall–Kier alpha value is -2.35. The largest absolute Gasteiger partial charge is 0.502 e. The summed E-state index contributed by atoms with van der Waals surface area (Å²) in [5, 5.41) is 24.0. The monoisotopic (exact) mass is 315 g/mol. The Labute approximate surface area is 125 Å². The van der Waals surface area contributed by atoms with Gasteiger partial charge < -0.3 is 9.84 Å². The minimum Gasteiger partial charge on any atom is -0.502 e. The van der Waals surface area contributed by atoms with E-state index in [0.29, 0.717) is 0 Å². The molecule has 0 aromatic heterocycles. The van der Waals surface area contributed by atoms with Gasteiger partial charge in [0.2, 0.25) is 5.75 Å². The number of phenolic OH excluding ortho intramolecular Hbond substituents is 1. The van der Waals surface area contributed by atoms with Crippen LogP contribution in [0.1, 0.15) is 26.3 Å². The van der Waals surface area contributed by atoms with Gasteiger partial charge in [0.25, 0.3) is 0 Å². The highest BCUT2D eigenvalue weighted by Gasteiger charge is 2.18. The SMILES string of the molecule is CC(C)(C)OC(=O)N/N=C\c1cc(Cl)cc([N+](=O)[O-])c1O. The Morgan fingerprint density at radius 2 is 2.14 bits per heavy atom. The molecule has 0 aliphatic heterocycles. The number of carbonyl (C=O) groups excluding carboxylic acids is 1. The quantitative estimate of drug-likeness (QED) is 0.505. The molecule has 1 aromatic carbocycles. The third-order valence-corrected chi connectivity index (χ3v) is 2.26. The van der Waals surface area contributed by atoms with Gasteiger partial charge in [0, 0.05) is 16.7 Å². The van der Waals surface area contributed by atoms with E-state index in [1.165, 1.54) is 6.07 Å². The number of phenols is 1. The molecule has 0 bridgehead atoms. The van der Waals surface area contributed by atoms with Gasteiger partial charge in [-0.15, -0.1) is 0 Å². The average molecular weight is 316 g/mol. The van der Waals surface area contributed by atoms with Crippen molar-refractivity contribution >= 4 is 29.6 Å². The van der Waals surface area contributed by atoms with E-state index in [-0.39, 0.29) is 10.6 Å². The molecular weight excluding hydrogens is 302 g/mol. The van der Waals surface area contributed by atoms with Gasteiger partial charge in [0.1, 0.15) is 5.60 Å². The summed E-state index contributed by atoms with van der Waals surface area (Å²) in [7, 11) is 0. The highest BCUT2D eigenvalue weighted by Crippen LogP contribution is 2.32. The molecule has 0 fully saturated rings. The first-order valence-electron chi connectivity index (χ1n) is 5.79. The normalized spacial score (nSPS) is 11.4. The maximum absolute atomic E-state index is 11.3. The fourth-order valence-electron chi connectivity index (χ4n) is 1.30. The molecule has 8 nitrogen and oxygen atoms in total. The first kappa shape index (κ1) is 16.7. The Bertz CT molecular complexity index is 595. The molecule has 114 valence electrons. The van der Waals surface area contributed by atoms with Crippen molar-refractivity contribution in [2.24, 2.45) is 5.10 Å². The third kappa shape index (κ3) is 5.27. The van der Waals surface area contributed by atoms with Crippen molar-refractivity contribution in [3.05, 3.63) is 32.8 Å². The number of amides is 1. The summed E-state index contributed by atoms with van der Waals surface area (Å²) in [6.45, 7) is 5.05. The molecule has 1 aromatic rings. The van der Waals surface area contributed by atoms with Gasteiger partial charge in [0.05, 0.1) is 11.1 Å². The second kappa shape index (κ2) is 6.40. The molecule has 0 spiro atoms. The second-order valence-corrected chi connectivity index (χ2v) is 5.43. The molecule has 0 radical (unpaired) electrons. The molecule has 0 unspecified atom stereocenters. The van der Waals surface area contributed by atoms with Crippen LogP contribution in [0.25, 0.3) is 0 Å². The Kier molecular flexibility index (Phi) is 5.09. The first-order valence-corrected chi connectivity index (χ1v) is 6.17. The van der Waals surface area contributed by atoms with Crippen LogP contribution in [0, 0.1) is 10.1 Å². The van der Waals surface area contributed by atoms with Crippen LogP contribution in [0.2, 0.25) is 5.02 Å². The molecule has 0 heterocycles. The van der Waals surface area contributed by atoms with Crippen molar-refractivity contribution in [3.8, 4) is 5.75 Å². The maximum atomic E-state index is 11.3. The fraction of sp³-hybridized carbons (Fsp3) is 0.333. The molecule has 0 atom stereocenters. The zero-order chi connectivity index (χ0) is 16.2. The number of rotatable bonds is 3. The van der Waals surface area contributed by atoms with Crippen LogP contribution < -0.4 is 5.43 Å². The number of hydrazone groups is 1. The first-order chi connectivity index (χ1) is 9.60. The van der Waals surface area contributed by atoms with Gasteiger partial charge in [-0.1, -0.05) is 11.6 Å². The zero-order valence-corrected chi connectivity index (χ0v) is 12.3. The summed E-state index contributed by atoms with van der Waals surface area (Å²) in [6, 6.07) is 2.28. The summed E-state index contributed by atoms with van der Waals surface area (Å²) in [6.07, 6.45) is 0.229. The van der Waals surface area contributed by atoms with Gasteiger partial charge >= 0.3 is 11.8 Å². The lowest BCUT2D eigenvalue weighted by Gasteiger charge is -2.18. The van der Waals surface area contributed by atoms with Crippen LogP contribution >= 0.6 is 11.6 Å². The highest BCUT2D eigenvalue weighted by atomic mass is 35.5. The summed E-state index contributed by atoms with van der Waals surface area (Å²) < 4.78 is 4.93. The highest BCUT2D eigenvalue weighted by molar-refractivity contribution is 6.31. The molecule has 0 saturated carbocycles. The van der Waals surface area contributed by atoms with Crippen molar-refractivity contribution < 1.29 is 19.6 Å². The van der Waals surface area contributed by atoms with E-state index in [2.05, 4.69) is 10.5 Å². The smallest absolute Gasteiger partial charge is 0.428 e. The minimum atomic E-state index is -0.797. The van der Waals surface area contributed by atoms with Crippen LogP contribution in [0.15, 0.2) is 17.2 Å². The molecule has 2 N–H and O–H groups in total. The van der Waals surface area contributed by atoms with Crippen LogP contribution in [-0.2, 0) is 4.74 Å². The zero-order valence-electron chi connectivity index (χ0n) is 11.6. The molecule has 21 heavy (non-hydrogen) atoms. The third-order valence-electron chi connectivity index (χ3n) is 2.04. The summed E-state index contributed by atoms with van der Waals surface area (Å²) in [5.74, 6) is -0.598. The van der Waals surface area contributed by atoms with Crippen molar-refractivity contribution in [2.75, 3.05) is 0 Å². The number of nitrogens with zero attached hydrogens (tertiary/aromatic N) is 2. The van der Waals surface area contributed by atoms with E-state index in [9.17, 15) is 20.0 Å². The Morgan fingerprint density at radius 3 is 2.67 bits per heavy atom. The van der Waals surface area contributed by atoms with Crippen molar-refractivity contribution in [3.63, 3.8) is 0 Å². The molecule has 1 rings (SSSR count). The molecule has 0 saturated heterocycles. The van der Waals surface area contributed by atoms with Gasteiger partial charge in [-0.3, -0.25) is 10.1 Å². The number of nitrogens with one attached hydrogen (secondary N) is 1. The maximum Gasteiger partial charge on any atom is 0.428 e. The van der Waals surface area contributed by atoms with Crippen LogP contribution in [0.4, 0.5) is 10.5 Å². The Balaban J connectivity index is 2.86. The van der Waals surface area contributed by atoms with Crippen LogP contribution in [0.3, 0.4) is 0 Å². The van der Waals surface area contributed by atoms with Gasteiger partial charge in [-0.05, 0) is 26.8 Å². The standard InChI is InChI=1S/C12H14ClN3O5/c1-12(2,3)21-11(18)15-14-6-7-4-8(13)5-9(10(7)17)16(19)20/h4-6,17H,1-3H3,(H,15,18)/b14-6-. The van der Waals surface area contributed by atoms with E-state index in [1.54, 1.807) is 20.8 Å². The molecule has 9 heteroatoms.